The van der Waals surface area contributed by atoms with Gasteiger partial charge in [0.1, 0.15) is 10.5 Å². The molecule has 140 valence electrons. The largest absolute Gasteiger partial charge is 0.295 e. The third-order valence-corrected chi connectivity index (χ3v) is 4.82. The molecule has 0 aromatic heterocycles. The van der Waals surface area contributed by atoms with Gasteiger partial charge in [-0.05, 0) is 17.8 Å². The van der Waals surface area contributed by atoms with Gasteiger partial charge in [0.2, 0.25) is 0 Å². The van der Waals surface area contributed by atoms with Crippen LogP contribution in [0.5, 0.6) is 0 Å². The Morgan fingerprint density at radius 3 is 1.20 bits per heavy atom. The zero-order chi connectivity index (χ0) is 19.9. The summed E-state index contributed by atoms with van der Waals surface area (Å²) in [7, 11) is -4.92. The average molecular weight is 374 g/mol. The summed E-state index contributed by atoms with van der Waals surface area (Å²) in [4.78, 5) is 21.0. The van der Waals surface area contributed by atoms with Crippen molar-refractivity contribution in [1.82, 2.24) is 0 Å². The average Bonchev–Trinajstić information content (AvgIpc) is 2.41. The number of hydrogen-bond acceptors (Lipinski definition) is 6. The molecule has 0 bridgehead atoms. The minimum atomic E-state index is -4.92. The molecule has 0 aliphatic rings. The Kier molecular flexibility index (Phi) is 5.91. The SMILES string of the molecule is CC(C)c1c([N+](=O)[O-])c(C(C)C)c(S(=O)(=O)O)c(C(C)C)c1[N+](=O)[O-]. The fourth-order valence-electron chi connectivity index (χ4n) is 3.05. The molecule has 1 N–H and O–H groups in total. The molecule has 0 spiro atoms. The lowest BCUT2D eigenvalue weighted by molar-refractivity contribution is -0.397. The second kappa shape index (κ2) is 7.04. The lowest BCUT2D eigenvalue weighted by Gasteiger charge is -2.21. The minimum absolute atomic E-state index is 0.130. The number of hydrogen-bond donors (Lipinski definition) is 1. The molecule has 10 heteroatoms. The van der Waals surface area contributed by atoms with Gasteiger partial charge in [-0.1, -0.05) is 41.5 Å². The minimum Gasteiger partial charge on any atom is -0.282 e. The van der Waals surface area contributed by atoms with Crippen molar-refractivity contribution in [1.29, 1.82) is 0 Å². The summed E-state index contributed by atoms with van der Waals surface area (Å²) in [6.07, 6.45) is 0. The third-order valence-electron chi connectivity index (χ3n) is 3.86. The van der Waals surface area contributed by atoms with Crippen LogP contribution < -0.4 is 0 Å². The predicted molar refractivity (Wildman–Crippen MR) is 91.8 cm³/mol. The van der Waals surface area contributed by atoms with E-state index in [0.29, 0.717) is 0 Å². The molecule has 9 nitrogen and oxygen atoms in total. The molecule has 0 aliphatic carbocycles. The molecular formula is C15H22N2O7S. The highest BCUT2D eigenvalue weighted by atomic mass is 32.2. The number of benzene rings is 1. The van der Waals surface area contributed by atoms with Gasteiger partial charge in [-0.2, -0.15) is 8.42 Å². The van der Waals surface area contributed by atoms with Crippen LogP contribution >= 0.6 is 0 Å². The zero-order valence-electron chi connectivity index (χ0n) is 14.9. The van der Waals surface area contributed by atoms with Crippen molar-refractivity contribution in [2.45, 2.75) is 64.2 Å². The number of nitro groups is 2. The van der Waals surface area contributed by atoms with E-state index in [0.717, 1.165) is 0 Å². The predicted octanol–water partition coefficient (Wildman–Crippen LogP) is 4.12. The van der Waals surface area contributed by atoms with Crippen molar-refractivity contribution in [2.24, 2.45) is 0 Å². The monoisotopic (exact) mass is 374 g/mol. The van der Waals surface area contributed by atoms with Crippen LogP contribution in [0.15, 0.2) is 4.90 Å². The molecular weight excluding hydrogens is 352 g/mol. The Labute approximate surface area is 146 Å². The van der Waals surface area contributed by atoms with Crippen LogP contribution in [0.1, 0.15) is 76.0 Å². The first-order valence-electron chi connectivity index (χ1n) is 7.73. The number of nitrogens with zero attached hydrogens (tertiary/aromatic N) is 2. The second-order valence-electron chi connectivity index (χ2n) is 6.72. The third kappa shape index (κ3) is 3.79. The Bertz CT molecular complexity index is 780. The van der Waals surface area contributed by atoms with Gasteiger partial charge in [0.05, 0.1) is 21.0 Å². The van der Waals surface area contributed by atoms with Crippen molar-refractivity contribution in [2.75, 3.05) is 0 Å². The highest BCUT2D eigenvalue weighted by Gasteiger charge is 2.42. The Morgan fingerprint density at radius 2 is 1.04 bits per heavy atom. The molecule has 0 saturated heterocycles. The Morgan fingerprint density at radius 1 is 0.760 bits per heavy atom. The van der Waals surface area contributed by atoms with E-state index in [1.54, 1.807) is 13.8 Å². The van der Waals surface area contributed by atoms with Crippen LogP contribution in [-0.4, -0.2) is 22.8 Å². The van der Waals surface area contributed by atoms with Crippen molar-refractivity contribution in [3.05, 3.63) is 36.9 Å². The summed E-state index contributed by atoms with van der Waals surface area (Å²) in [5.41, 5.74) is -1.77. The van der Waals surface area contributed by atoms with E-state index in [4.69, 9.17) is 0 Å². The highest BCUT2D eigenvalue weighted by molar-refractivity contribution is 7.86. The van der Waals surface area contributed by atoms with Gasteiger partial charge >= 0.3 is 0 Å². The summed E-state index contributed by atoms with van der Waals surface area (Å²) in [5.74, 6) is -1.88. The van der Waals surface area contributed by atoms with Crippen molar-refractivity contribution in [3.63, 3.8) is 0 Å². The highest BCUT2D eigenvalue weighted by Crippen LogP contribution is 2.48. The molecule has 0 radical (unpaired) electrons. The topological polar surface area (TPSA) is 141 Å². The summed E-state index contributed by atoms with van der Waals surface area (Å²) in [6, 6.07) is 0. The molecule has 0 aliphatic heterocycles. The molecule has 0 fully saturated rings. The van der Waals surface area contributed by atoms with Gasteiger partial charge in [0, 0.05) is 0 Å². The van der Waals surface area contributed by atoms with E-state index in [9.17, 15) is 33.2 Å². The Balaban J connectivity index is 4.51. The fraction of sp³-hybridized carbons (Fsp3) is 0.600. The molecule has 0 amide bonds. The van der Waals surface area contributed by atoms with Gasteiger partial charge in [-0.3, -0.25) is 24.8 Å². The van der Waals surface area contributed by atoms with E-state index in [2.05, 4.69) is 0 Å². The maximum absolute atomic E-state index is 12.0. The Hall–Kier alpha value is -2.07. The van der Waals surface area contributed by atoms with E-state index < -0.39 is 54.0 Å². The van der Waals surface area contributed by atoms with Gasteiger partial charge in [0.15, 0.2) is 0 Å². The quantitative estimate of drug-likeness (QED) is 0.448. The van der Waals surface area contributed by atoms with E-state index >= 15 is 0 Å². The number of rotatable bonds is 6. The second-order valence-corrected chi connectivity index (χ2v) is 8.08. The van der Waals surface area contributed by atoms with Crippen LogP contribution in [0.2, 0.25) is 0 Å². The molecule has 25 heavy (non-hydrogen) atoms. The zero-order valence-corrected chi connectivity index (χ0v) is 15.7. The molecule has 0 heterocycles. The van der Waals surface area contributed by atoms with E-state index in [1.807, 2.05) is 0 Å². The first-order chi connectivity index (χ1) is 11.2. The van der Waals surface area contributed by atoms with Crippen LogP contribution in [0.25, 0.3) is 0 Å². The lowest BCUT2D eigenvalue weighted by atomic mass is 9.85. The van der Waals surface area contributed by atoms with Crippen LogP contribution in [0, 0.1) is 20.2 Å². The first-order valence-corrected chi connectivity index (χ1v) is 9.17. The molecule has 0 atom stereocenters. The lowest BCUT2D eigenvalue weighted by Crippen LogP contribution is -2.18. The summed E-state index contributed by atoms with van der Waals surface area (Å²) in [5, 5.41) is 23.4. The normalized spacial score (nSPS) is 12.2. The molecule has 0 saturated carbocycles. The van der Waals surface area contributed by atoms with Crippen LogP contribution in [0.4, 0.5) is 11.4 Å². The van der Waals surface area contributed by atoms with Crippen LogP contribution in [0.3, 0.4) is 0 Å². The standard InChI is InChI=1S/C15H22N2O7S/c1-7(2)10-13(16(18)19)11(8(3)4)15(25(22,23)24)12(9(5)6)14(10)17(20)21/h7-9H,1-6H3,(H,22,23,24). The molecule has 0 unspecified atom stereocenters. The molecule has 1 aromatic rings. The first kappa shape index (κ1) is 21.0. The summed E-state index contributed by atoms with van der Waals surface area (Å²) in [6.45, 7) is 9.29. The molecule has 1 rings (SSSR count). The maximum Gasteiger partial charge on any atom is 0.295 e. The van der Waals surface area contributed by atoms with Crippen LogP contribution in [-0.2, 0) is 10.1 Å². The molecule has 1 aromatic carbocycles. The smallest absolute Gasteiger partial charge is 0.282 e. The van der Waals surface area contributed by atoms with E-state index in [-0.39, 0.29) is 16.7 Å². The number of nitro benzene ring substituents is 2. The van der Waals surface area contributed by atoms with Gasteiger partial charge in [-0.25, -0.2) is 0 Å². The summed E-state index contributed by atoms with van der Waals surface area (Å²) < 4.78 is 33.8. The van der Waals surface area contributed by atoms with Crippen molar-refractivity contribution >= 4 is 21.5 Å². The van der Waals surface area contributed by atoms with Crippen molar-refractivity contribution < 1.29 is 22.8 Å². The van der Waals surface area contributed by atoms with Gasteiger partial charge in [0.25, 0.3) is 21.5 Å². The van der Waals surface area contributed by atoms with Gasteiger partial charge < -0.3 is 0 Å². The van der Waals surface area contributed by atoms with Crippen molar-refractivity contribution in [3.8, 4) is 0 Å². The summed E-state index contributed by atoms with van der Waals surface area (Å²) >= 11 is 0. The fourth-order valence-corrected chi connectivity index (χ4v) is 4.27. The van der Waals surface area contributed by atoms with E-state index in [1.165, 1.54) is 27.7 Å². The maximum atomic E-state index is 12.0. The van der Waals surface area contributed by atoms with Gasteiger partial charge in [-0.15, -0.1) is 0 Å².